The van der Waals surface area contributed by atoms with Crippen molar-refractivity contribution >= 4 is 5.91 Å². The molecule has 1 aromatic rings. The zero-order chi connectivity index (χ0) is 14.8. The number of rotatable bonds is 6. The van der Waals surface area contributed by atoms with Crippen molar-refractivity contribution in [3.05, 3.63) is 29.6 Å². The van der Waals surface area contributed by atoms with Crippen LogP contribution < -0.4 is 5.73 Å². The maximum absolute atomic E-state index is 12.4. The summed E-state index contributed by atoms with van der Waals surface area (Å²) >= 11 is 0. The van der Waals surface area contributed by atoms with E-state index in [4.69, 9.17) is 10.5 Å². The third-order valence-electron chi connectivity index (χ3n) is 2.70. The van der Waals surface area contributed by atoms with Crippen molar-refractivity contribution < 1.29 is 9.53 Å². The van der Waals surface area contributed by atoms with Gasteiger partial charge >= 0.3 is 0 Å². The number of pyridine rings is 1. The van der Waals surface area contributed by atoms with E-state index < -0.39 is 0 Å². The van der Waals surface area contributed by atoms with Gasteiger partial charge in [0.15, 0.2) is 0 Å². The molecule has 5 nitrogen and oxygen atoms in total. The second-order valence-electron chi connectivity index (χ2n) is 4.05. The molecule has 0 unspecified atom stereocenters. The van der Waals surface area contributed by atoms with E-state index >= 15 is 0 Å². The van der Waals surface area contributed by atoms with Crippen LogP contribution in [0.1, 0.15) is 29.8 Å². The Morgan fingerprint density at radius 2 is 2.25 bits per heavy atom. The van der Waals surface area contributed by atoms with Crippen molar-refractivity contribution in [2.45, 2.75) is 13.8 Å². The predicted octanol–water partition coefficient (Wildman–Crippen LogP) is 0.890. The lowest BCUT2D eigenvalue weighted by atomic mass is 10.2. The molecule has 2 N–H and O–H groups in total. The van der Waals surface area contributed by atoms with Crippen molar-refractivity contribution in [2.24, 2.45) is 5.73 Å². The summed E-state index contributed by atoms with van der Waals surface area (Å²) in [5, 5.41) is 0. The number of carbonyl (C=O) groups is 1. The molecule has 0 aliphatic rings. The molecule has 1 amide bonds. The first-order valence-corrected chi connectivity index (χ1v) is 6.73. The monoisotopic (exact) mass is 275 g/mol. The van der Waals surface area contributed by atoms with Gasteiger partial charge in [-0.1, -0.05) is 11.8 Å². The minimum Gasteiger partial charge on any atom is -0.380 e. The lowest BCUT2D eigenvalue weighted by Gasteiger charge is -2.20. The molecule has 0 saturated heterocycles. The van der Waals surface area contributed by atoms with E-state index in [1.54, 1.807) is 23.4 Å². The second-order valence-corrected chi connectivity index (χ2v) is 4.05. The summed E-state index contributed by atoms with van der Waals surface area (Å²) in [4.78, 5) is 18.1. The van der Waals surface area contributed by atoms with E-state index in [1.165, 1.54) is 0 Å². The van der Waals surface area contributed by atoms with Crippen LogP contribution in [0.3, 0.4) is 0 Å². The summed E-state index contributed by atoms with van der Waals surface area (Å²) in [6.07, 6.45) is 3.18. The number of nitrogens with two attached hydrogens (primary N) is 1. The Labute approximate surface area is 120 Å². The average molecular weight is 275 g/mol. The number of amides is 1. The Kier molecular flexibility index (Phi) is 7.33. The number of hydrogen-bond donors (Lipinski definition) is 1. The van der Waals surface area contributed by atoms with Crippen LogP contribution in [0.2, 0.25) is 0 Å². The van der Waals surface area contributed by atoms with E-state index in [9.17, 15) is 4.79 Å². The smallest absolute Gasteiger partial charge is 0.255 e. The molecule has 20 heavy (non-hydrogen) atoms. The second kappa shape index (κ2) is 9.08. The van der Waals surface area contributed by atoms with Crippen molar-refractivity contribution in [3.63, 3.8) is 0 Å². The summed E-state index contributed by atoms with van der Waals surface area (Å²) in [6.45, 7) is 6.55. The van der Waals surface area contributed by atoms with Gasteiger partial charge in [0, 0.05) is 37.7 Å². The standard InChI is InChI=1S/C15H21N3O2/c1-3-18(8-9-20-4-2)15(19)14-10-13(6-5-7-16)11-17-12-14/h10-12H,3-4,7-9,16H2,1-2H3. The quantitative estimate of drug-likeness (QED) is 0.618. The highest BCUT2D eigenvalue weighted by Gasteiger charge is 2.14. The number of ether oxygens (including phenoxy) is 1. The van der Waals surface area contributed by atoms with Crippen LogP contribution in [0.5, 0.6) is 0 Å². The van der Waals surface area contributed by atoms with Gasteiger partial charge in [-0.3, -0.25) is 9.78 Å². The first-order valence-electron chi connectivity index (χ1n) is 6.73. The molecule has 0 aromatic carbocycles. The van der Waals surface area contributed by atoms with Gasteiger partial charge in [0.2, 0.25) is 0 Å². The zero-order valence-electron chi connectivity index (χ0n) is 12.1. The number of likely N-dealkylation sites (N-methyl/N-ethyl adjacent to an activating group) is 1. The third-order valence-corrected chi connectivity index (χ3v) is 2.70. The van der Waals surface area contributed by atoms with E-state index in [0.29, 0.717) is 37.4 Å². The summed E-state index contributed by atoms with van der Waals surface area (Å²) in [5.41, 5.74) is 6.56. The van der Waals surface area contributed by atoms with Gasteiger partial charge in [0.05, 0.1) is 18.7 Å². The van der Waals surface area contributed by atoms with E-state index in [-0.39, 0.29) is 12.5 Å². The molecule has 1 heterocycles. The molecule has 0 aliphatic heterocycles. The maximum atomic E-state index is 12.4. The summed E-state index contributed by atoms with van der Waals surface area (Å²) < 4.78 is 5.28. The van der Waals surface area contributed by atoms with Crippen LogP contribution in [-0.2, 0) is 4.74 Å². The highest BCUT2D eigenvalue weighted by molar-refractivity contribution is 5.94. The Morgan fingerprint density at radius 3 is 2.90 bits per heavy atom. The number of carbonyl (C=O) groups excluding carboxylic acids is 1. The SMILES string of the molecule is CCOCCN(CC)C(=O)c1cncc(C#CCN)c1. The van der Waals surface area contributed by atoms with Crippen molar-refractivity contribution in [2.75, 3.05) is 32.8 Å². The average Bonchev–Trinajstić information content (AvgIpc) is 2.49. The number of nitrogens with zero attached hydrogens (tertiary/aromatic N) is 2. The lowest BCUT2D eigenvalue weighted by Crippen LogP contribution is -2.34. The van der Waals surface area contributed by atoms with E-state index in [0.717, 1.165) is 0 Å². The number of aromatic nitrogens is 1. The van der Waals surface area contributed by atoms with Crippen LogP contribution in [0.15, 0.2) is 18.5 Å². The third kappa shape index (κ3) is 5.00. The van der Waals surface area contributed by atoms with Crippen LogP contribution in [0, 0.1) is 11.8 Å². The fourth-order valence-electron chi connectivity index (χ4n) is 1.68. The fraction of sp³-hybridized carbons (Fsp3) is 0.467. The van der Waals surface area contributed by atoms with Gasteiger partial charge in [-0.25, -0.2) is 0 Å². The highest BCUT2D eigenvalue weighted by Crippen LogP contribution is 2.06. The molecule has 0 atom stereocenters. The summed E-state index contributed by atoms with van der Waals surface area (Å²) in [6, 6.07) is 1.74. The summed E-state index contributed by atoms with van der Waals surface area (Å²) in [5.74, 6) is 5.57. The predicted molar refractivity (Wildman–Crippen MR) is 78.2 cm³/mol. The van der Waals surface area contributed by atoms with Crippen LogP contribution >= 0.6 is 0 Å². The molecule has 0 aliphatic carbocycles. The molecule has 1 rings (SSSR count). The molecule has 0 fully saturated rings. The molecule has 108 valence electrons. The zero-order valence-corrected chi connectivity index (χ0v) is 12.1. The molecular weight excluding hydrogens is 254 g/mol. The molecule has 0 bridgehead atoms. The van der Waals surface area contributed by atoms with E-state index in [2.05, 4.69) is 16.8 Å². The minimum absolute atomic E-state index is 0.0592. The van der Waals surface area contributed by atoms with Crippen LogP contribution in [-0.4, -0.2) is 48.6 Å². The molecule has 0 radical (unpaired) electrons. The van der Waals surface area contributed by atoms with Gasteiger partial charge in [-0.15, -0.1) is 0 Å². The van der Waals surface area contributed by atoms with Gasteiger partial charge in [0.25, 0.3) is 5.91 Å². The van der Waals surface area contributed by atoms with Gasteiger partial charge in [-0.2, -0.15) is 0 Å². The largest absolute Gasteiger partial charge is 0.380 e. The Hall–Kier alpha value is -1.90. The van der Waals surface area contributed by atoms with Gasteiger partial charge in [-0.05, 0) is 19.9 Å². The molecule has 5 heteroatoms. The fourth-order valence-corrected chi connectivity index (χ4v) is 1.68. The maximum Gasteiger partial charge on any atom is 0.255 e. The minimum atomic E-state index is -0.0592. The highest BCUT2D eigenvalue weighted by atomic mass is 16.5. The van der Waals surface area contributed by atoms with Crippen molar-refractivity contribution in [1.29, 1.82) is 0 Å². The first-order chi connectivity index (χ1) is 9.72. The van der Waals surface area contributed by atoms with Gasteiger partial charge < -0.3 is 15.4 Å². The molecule has 0 saturated carbocycles. The van der Waals surface area contributed by atoms with Gasteiger partial charge in [0.1, 0.15) is 0 Å². The normalized spacial score (nSPS) is 9.75. The Morgan fingerprint density at radius 1 is 1.45 bits per heavy atom. The number of hydrogen-bond acceptors (Lipinski definition) is 4. The van der Waals surface area contributed by atoms with Crippen LogP contribution in [0.4, 0.5) is 0 Å². The summed E-state index contributed by atoms with van der Waals surface area (Å²) in [7, 11) is 0. The molecule has 0 spiro atoms. The van der Waals surface area contributed by atoms with Crippen LogP contribution in [0.25, 0.3) is 0 Å². The topological polar surface area (TPSA) is 68.5 Å². The van der Waals surface area contributed by atoms with E-state index in [1.807, 2.05) is 13.8 Å². The lowest BCUT2D eigenvalue weighted by molar-refractivity contribution is 0.0669. The first kappa shape index (κ1) is 16.2. The molecular formula is C15H21N3O2. The van der Waals surface area contributed by atoms with Crippen molar-refractivity contribution in [3.8, 4) is 11.8 Å². The molecule has 1 aromatic heterocycles. The van der Waals surface area contributed by atoms with Crippen molar-refractivity contribution in [1.82, 2.24) is 9.88 Å². The Bertz CT molecular complexity index is 491. The Balaban J connectivity index is 2.78.